The average Bonchev–Trinajstić information content (AvgIpc) is 3.23. The fourth-order valence-electron chi connectivity index (χ4n) is 4.51. The molecule has 5 rings (SSSR count). The SMILES string of the molecule is C=CCn1c(SCC(=O)Nc2ccc(-c3ccccc3)cc2)nc2sc3c(c2c1=O)CC[C@H](C)C3. The lowest BCUT2D eigenvalue weighted by atomic mass is 9.89. The third-order valence-corrected chi connectivity index (χ3v) is 8.42. The summed E-state index contributed by atoms with van der Waals surface area (Å²) in [4.78, 5) is 33.0. The first-order valence-corrected chi connectivity index (χ1v) is 13.6. The number of carbonyl (C=O) groups excluding carboxylic acids is 1. The Bertz CT molecular complexity index is 1440. The lowest BCUT2D eigenvalue weighted by Gasteiger charge is -2.17. The Morgan fingerprint density at radius 1 is 1.20 bits per heavy atom. The predicted octanol–water partition coefficient (Wildman–Crippen LogP) is 6.17. The number of nitrogens with zero attached hydrogens (tertiary/aromatic N) is 2. The van der Waals surface area contributed by atoms with Crippen LogP contribution in [-0.4, -0.2) is 21.2 Å². The zero-order valence-corrected chi connectivity index (χ0v) is 21.3. The number of fused-ring (bicyclic) bond motifs is 3. The molecule has 5 nitrogen and oxygen atoms in total. The molecule has 1 atom stereocenters. The molecule has 178 valence electrons. The number of amides is 1. The van der Waals surface area contributed by atoms with Gasteiger partial charge in [0.2, 0.25) is 5.91 Å². The van der Waals surface area contributed by atoms with E-state index >= 15 is 0 Å². The third kappa shape index (κ3) is 4.97. The summed E-state index contributed by atoms with van der Waals surface area (Å²) in [6.07, 6.45) is 4.74. The van der Waals surface area contributed by atoms with Crippen molar-refractivity contribution in [3.8, 4) is 11.1 Å². The van der Waals surface area contributed by atoms with E-state index in [4.69, 9.17) is 4.98 Å². The number of thioether (sulfide) groups is 1. The molecule has 2 aromatic carbocycles. The second-order valence-electron chi connectivity index (χ2n) is 8.91. The van der Waals surface area contributed by atoms with E-state index in [9.17, 15) is 9.59 Å². The van der Waals surface area contributed by atoms with Gasteiger partial charge in [-0.2, -0.15) is 0 Å². The molecule has 2 heterocycles. The van der Waals surface area contributed by atoms with Gasteiger partial charge in [-0.25, -0.2) is 4.98 Å². The molecule has 1 aliphatic rings. The number of carbonyl (C=O) groups is 1. The normalized spacial score (nSPS) is 15.1. The van der Waals surface area contributed by atoms with E-state index < -0.39 is 0 Å². The van der Waals surface area contributed by atoms with Gasteiger partial charge < -0.3 is 5.32 Å². The van der Waals surface area contributed by atoms with Crippen molar-refractivity contribution < 1.29 is 4.79 Å². The number of rotatable bonds is 7. The molecule has 0 bridgehead atoms. The van der Waals surface area contributed by atoms with Gasteiger partial charge in [-0.3, -0.25) is 14.2 Å². The second-order valence-corrected chi connectivity index (χ2v) is 10.9. The Morgan fingerprint density at radius 3 is 2.69 bits per heavy atom. The van der Waals surface area contributed by atoms with Crippen molar-refractivity contribution in [1.29, 1.82) is 0 Å². The van der Waals surface area contributed by atoms with Crippen LogP contribution in [0, 0.1) is 5.92 Å². The molecule has 0 aliphatic heterocycles. The molecule has 2 aromatic heterocycles. The summed E-state index contributed by atoms with van der Waals surface area (Å²) in [5, 5.41) is 4.26. The van der Waals surface area contributed by atoms with Gasteiger partial charge in [-0.15, -0.1) is 17.9 Å². The standard InChI is InChI=1S/C28H27N3O2S2/c1-3-15-31-27(33)25-22-14-9-18(2)16-23(22)35-26(25)30-28(31)34-17-24(32)29-21-12-10-20(11-13-21)19-7-5-4-6-8-19/h3-8,10-13,18H,1,9,14-17H2,2H3,(H,29,32)/t18-/m0/s1. The van der Waals surface area contributed by atoms with Crippen LogP contribution < -0.4 is 10.9 Å². The topological polar surface area (TPSA) is 64.0 Å². The Labute approximate surface area is 212 Å². The molecular formula is C28H27N3O2S2. The van der Waals surface area contributed by atoms with Crippen LogP contribution in [0.25, 0.3) is 21.3 Å². The summed E-state index contributed by atoms with van der Waals surface area (Å²) in [6.45, 7) is 6.43. The molecule has 0 unspecified atom stereocenters. The van der Waals surface area contributed by atoms with E-state index in [1.54, 1.807) is 22.0 Å². The van der Waals surface area contributed by atoms with Crippen molar-refractivity contribution in [1.82, 2.24) is 9.55 Å². The maximum Gasteiger partial charge on any atom is 0.263 e. The van der Waals surface area contributed by atoms with Crippen molar-refractivity contribution in [2.45, 2.75) is 37.9 Å². The maximum atomic E-state index is 13.4. The van der Waals surface area contributed by atoms with Crippen LogP contribution in [0.1, 0.15) is 23.8 Å². The maximum absolute atomic E-state index is 13.4. The first-order chi connectivity index (χ1) is 17.0. The highest BCUT2D eigenvalue weighted by Gasteiger charge is 2.24. The van der Waals surface area contributed by atoms with Crippen molar-refractivity contribution in [2.75, 3.05) is 11.1 Å². The van der Waals surface area contributed by atoms with Gasteiger partial charge in [-0.1, -0.05) is 67.2 Å². The molecule has 4 aromatic rings. The number of thiophene rings is 1. The van der Waals surface area contributed by atoms with Crippen LogP contribution in [0.3, 0.4) is 0 Å². The van der Waals surface area contributed by atoms with Crippen molar-refractivity contribution in [2.24, 2.45) is 5.92 Å². The van der Waals surface area contributed by atoms with Crippen molar-refractivity contribution in [3.63, 3.8) is 0 Å². The van der Waals surface area contributed by atoms with Gasteiger partial charge in [0, 0.05) is 17.1 Å². The number of benzene rings is 2. The molecule has 7 heteroatoms. The highest BCUT2D eigenvalue weighted by atomic mass is 32.2. The number of aromatic nitrogens is 2. The first kappa shape index (κ1) is 23.6. The molecule has 35 heavy (non-hydrogen) atoms. The Kier molecular flexibility index (Phi) is 6.88. The van der Waals surface area contributed by atoms with Crippen molar-refractivity contribution in [3.05, 3.63) is 88.0 Å². The van der Waals surface area contributed by atoms with Gasteiger partial charge in [0.25, 0.3) is 5.56 Å². The van der Waals surface area contributed by atoms with Crippen LogP contribution in [0.4, 0.5) is 5.69 Å². The van der Waals surface area contributed by atoms with Gasteiger partial charge in [0.15, 0.2) is 5.16 Å². The van der Waals surface area contributed by atoms with Crippen LogP contribution >= 0.6 is 23.1 Å². The van der Waals surface area contributed by atoms with E-state index in [-0.39, 0.29) is 17.2 Å². The number of hydrogen-bond acceptors (Lipinski definition) is 5. The molecule has 1 N–H and O–H groups in total. The predicted molar refractivity (Wildman–Crippen MR) is 146 cm³/mol. The highest BCUT2D eigenvalue weighted by Crippen LogP contribution is 2.36. The number of anilines is 1. The Hall–Kier alpha value is -3.16. The quantitative estimate of drug-likeness (QED) is 0.187. The van der Waals surface area contributed by atoms with E-state index in [0.29, 0.717) is 17.6 Å². The van der Waals surface area contributed by atoms with Gasteiger partial charge in [0.05, 0.1) is 11.1 Å². The molecular weight excluding hydrogens is 474 g/mol. The summed E-state index contributed by atoms with van der Waals surface area (Å²) in [6, 6.07) is 17.9. The molecule has 0 radical (unpaired) electrons. The molecule has 1 amide bonds. The van der Waals surface area contributed by atoms with Crippen LogP contribution in [0.2, 0.25) is 0 Å². The van der Waals surface area contributed by atoms with Crippen LogP contribution in [0.15, 0.2) is 77.2 Å². The minimum Gasteiger partial charge on any atom is -0.325 e. The van der Waals surface area contributed by atoms with E-state index in [1.165, 1.54) is 22.2 Å². The first-order valence-electron chi connectivity index (χ1n) is 11.8. The van der Waals surface area contributed by atoms with Crippen LogP contribution in [-0.2, 0) is 24.2 Å². The Balaban J connectivity index is 1.33. The lowest BCUT2D eigenvalue weighted by Crippen LogP contribution is -2.24. The minimum atomic E-state index is -0.138. The van der Waals surface area contributed by atoms with Gasteiger partial charge >= 0.3 is 0 Å². The molecule has 0 saturated heterocycles. The molecule has 0 saturated carbocycles. The second kappa shape index (κ2) is 10.2. The fourth-order valence-corrected chi connectivity index (χ4v) is 6.74. The summed E-state index contributed by atoms with van der Waals surface area (Å²) in [5.41, 5.74) is 4.11. The van der Waals surface area contributed by atoms with E-state index in [2.05, 4.69) is 31.0 Å². The third-order valence-electron chi connectivity index (χ3n) is 6.30. The fraction of sp³-hybridized carbons (Fsp3) is 0.250. The number of nitrogens with one attached hydrogen (secondary N) is 1. The summed E-state index contributed by atoms with van der Waals surface area (Å²) < 4.78 is 1.65. The number of allylic oxidation sites excluding steroid dienone is 1. The monoisotopic (exact) mass is 501 g/mol. The zero-order valence-electron chi connectivity index (χ0n) is 19.6. The van der Waals surface area contributed by atoms with Crippen molar-refractivity contribution >= 4 is 44.9 Å². The van der Waals surface area contributed by atoms with E-state index in [1.807, 2.05) is 42.5 Å². The highest BCUT2D eigenvalue weighted by molar-refractivity contribution is 7.99. The Morgan fingerprint density at radius 2 is 1.94 bits per heavy atom. The smallest absolute Gasteiger partial charge is 0.263 e. The number of hydrogen-bond donors (Lipinski definition) is 1. The van der Waals surface area contributed by atoms with Gasteiger partial charge in [0.1, 0.15) is 4.83 Å². The summed E-state index contributed by atoms with van der Waals surface area (Å²) >= 11 is 2.92. The van der Waals surface area contributed by atoms with Gasteiger partial charge in [-0.05, 0) is 54.0 Å². The van der Waals surface area contributed by atoms with E-state index in [0.717, 1.165) is 46.3 Å². The lowest BCUT2D eigenvalue weighted by molar-refractivity contribution is -0.113. The largest absolute Gasteiger partial charge is 0.325 e. The molecule has 1 aliphatic carbocycles. The zero-order chi connectivity index (χ0) is 24.4. The summed E-state index contributed by atoms with van der Waals surface area (Å²) in [5.74, 6) is 0.656. The molecule has 0 fully saturated rings. The molecule has 0 spiro atoms. The summed E-state index contributed by atoms with van der Waals surface area (Å²) in [7, 11) is 0. The van der Waals surface area contributed by atoms with Crippen LogP contribution in [0.5, 0.6) is 0 Å². The average molecular weight is 502 g/mol. The number of aryl methyl sites for hydroxylation is 1. The minimum absolute atomic E-state index is 0.0265.